The van der Waals surface area contributed by atoms with E-state index >= 15 is 0 Å². The maximum absolute atomic E-state index is 13.4. The predicted octanol–water partition coefficient (Wildman–Crippen LogP) is 3.58. The van der Waals surface area contributed by atoms with Gasteiger partial charge in [-0.3, -0.25) is 4.99 Å². The SMILES string of the molecule is O=C1OC(C=Nc2ccc(F)cc2F)c2ccccc21. The molecule has 1 atom stereocenters. The van der Waals surface area contributed by atoms with Crippen molar-refractivity contribution in [2.24, 2.45) is 4.99 Å². The number of aliphatic imine (C=N–C) groups is 1. The van der Waals surface area contributed by atoms with Gasteiger partial charge in [-0.25, -0.2) is 13.6 Å². The highest BCUT2D eigenvalue weighted by atomic mass is 19.1. The van der Waals surface area contributed by atoms with Gasteiger partial charge < -0.3 is 4.74 Å². The molecule has 0 aliphatic carbocycles. The van der Waals surface area contributed by atoms with Crippen LogP contribution in [0.2, 0.25) is 0 Å². The van der Waals surface area contributed by atoms with E-state index in [2.05, 4.69) is 4.99 Å². The second-order valence-electron chi connectivity index (χ2n) is 4.29. The van der Waals surface area contributed by atoms with Gasteiger partial charge in [-0.1, -0.05) is 18.2 Å². The Kier molecular flexibility index (Phi) is 3.02. The molecule has 1 unspecified atom stereocenters. The molecule has 1 aliphatic heterocycles. The maximum atomic E-state index is 13.4. The topological polar surface area (TPSA) is 38.7 Å². The van der Waals surface area contributed by atoms with E-state index in [1.807, 2.05) is 0 Å². The monoisotopic (exact) mass is 273 g/mol. The van der Waals surface area contributed by atoms with Crippen LogP contribution in [-0.2, 0) is 4.74 Å². The number of fused-ring (bicyclic) bond motifs is 1. The quantitative estimate of drug-likeness (QED) is 0.619. The smallest absolute Gasteiger partial charge is 0.339 e. The number of cyclic esters (lactones) is 1. The van der Waals surface area contributed by atoms with Crippen LogP contribution in [0.1, 0.15) is 22.0 Å². The zero-order valence-corrected chi connectivity index (χ0v) is 10.2. The Hall–Kier alpha value is -2.56. The number of ether oxygens (including phenoxy) is 1. The predicted molar refractivity (Wildman–Crippen MR) is 69.1 cm³/mol. The number of carbonyl (C=O) groups is 1. The fourth-order valence-corrected chi connectivity index (χ4v) is 2.02. The minimum absolute atomic E-state index is 0.00756. The van der Waals surface area contributed by atoms with E-state index in [0.29, 0.717) is 11.1 Å². The Morgan fingerprint density at radius 3 is 2.75 bits per heavy atom. The van der Waals surface area contributed by atoms with E-state index in [1.165, 1.54) is 12.3 Å². The van der Waals surface area contributed by atoms with Crippen molar-refractivity contribution in [1.29, 1.82) is 0 Å². The molecule has 2 aromatic carbocycles. The standard InChI is InChI=1S/C15H9F2NO2/c16-9-5-6-13(12(17)7-9)18-8-14-10-3-1-2-4-11(10)15(19)20-14/h1-8,14H. The molecule has 0 fully saturated rings. The molecule has 0 radical (unpaired) electrons. The molecule has 0 aromatic heterocycles. The van der Waals surface area contributed by atoms with Crippen molar-refractivity contribution in [3.63, 3.8) is 0 Å². The van der Waals surface area contributed by atoms with E-state index in [0.717, 1.165) is 12.1 Å². The summed E-state index contributed by atoms with van der Waals surface area (Å²) >= 11 is 0. The number of carbonyl (C=O) groups excluding carboxylic acids is 1. The lowest BCUT2D eigenvalue weighted by atomic mass is 10.1. The van der Waals surface area contributed by atoms with Crippen LogP contribution in [0.4, 0.5) is 14.5 Å². The minimum Gasteiger partial charge on any atom is -0.448 e. The third-order valence-electron chi connectivity index (χ3n) is 2.98. The summed E-state index contributed by atoms with van der Waals surface area (Å²) in [5, 5.41) is 0. The first kappa shape index (κ1) is 12.5. The van der Waals surface area contributed by atoms with Gasteiger partial charge in [-0.05, 0) is 18.2 Å². The summed E-state index contributed by atoms with van der Waals surface area (Å²) in [6, 6.07) is 10.0. The zero-order valence-electron chi connectivity index (χ0n) is 10.2. The lowest BCUT2D eigenvalue weighted by Gasteiger charge is -2.04. The first-order valence-corrected chi connectivity index (χ1v) is 5.94. The molecular formula is C15H9F2NO2. The molecule has 100 valence electrons. The van der Waals surface area contributed by atoms with E-state index in [4.69, 9.17) is 4.74 Å². The van der Waals surface area contributed by atoms with Crippen molar-refractivity contribution in [2.45, 2.75) is 6.10 Å². The first-order valence-electron chi connectivity index (χ1n) is 5.94. The van der Waals surface area contributed by atoms with Crippen molar-refractivity contribution in [3.8, 4) is 0 Å². The number of hydrogen-bond acceptors (Lipinski definition) is 3. The molecule has 0 N–H and O–H groups in total. The number of esters is 1. The molecule has 2 aromatic rings. The summed E-state index contributed by atoms with van der Waals surface area (Å²) < 4.78 is 31.3. The Balaban J connectivity index is 1.89. The second-order valence-corrected chi connectivity index (χ2v) is 4.29. The molecular weight excluding hydrogens is 264 g/mol. The van der Waals surface area contributed by atoms with Crippen LogP contribution in [0, 0.1) is 11.6 Å². The third kappa shape index (κ3) is 2.18. The summed E-state index contributed by atoms with van der Waals surface area (Å²) in [6.45, 7) is 0. The summed E-state index contributed by atoms with van der Waals surface area (Å²) in [5.41, 5.74) is 1.15. The number of halogens is 2. The zero-order chi connectivity index (χ0) is 14.1. The van der Waals surface area contributed by atoms with E-state index in [9.17, 15) is 13.6 Å². The van der Waals surface area contributed by atoms with Crippen molar-refractivity contribution in [3.05, 3.63) is 65.2 Å². The van der Waals surface area contributed by atoms with Gasteiger partial charge >= 0.3 is 5.97 Å². The van der Waals surface area contributed by atoms with Crippen molar-refractivity contribution >= 4 is 17.9 Å². The number of rotatable bonds is 2. The van der Waals surface area contributed by atoms with Gasteiger partial charge in [0.25, 0.3) is 0 Å². The highest BCUT2D eigenvalue weighted by Gasteiger charge is 2.29. The van der Waals surface area contributed by atoms with Crippen LogP contribution < -0.4 is 0 Å². The van der Waals surface area contributed by atoms with Crippen LogP contribution in [0.15, 0.2) is 47.5 Å². The Morgan fingerprint density at radius 2 is 1.95 bits per heavy atom. The number of benzene rings is 2. The van der Waals surface area contributed by atoms with Crippen molar-refractivity contribution in [1.82, 2.24) is 0 Å². The Bertz CT molecular complexity index is 713. The van der Waals surface area contributed by atoms with Crippen LogP contribution in [0.25, 0.3) is 0 Å². The third-order valence-corrected chi connectivity index (χ3v) is 2.98. The largest absolute Gasteiger partial charge is 0.448 e. The molecule has 3 nitrogen and oxygen atoms in total. The highest BCUT2D eigenvalue weighted by Crippen LogP contribution is 2.29. The minimum atomic E-state index is -0.765. The Labute approximate surface area is 113 Å². The fourth-order valence-electron chi connectivity index (χ4n) is 2.02. The van der Waals surface area contributed by atoms with Gasteiger partial charge in [0.15, 0.2) is 11.9 Å². The highest BCUT2D eigenvalue weighted by molar-refractivity contribution is 5.97. The number of nitrogens with zero attached hydrogens (tertiary/aromatic N) is 1. The fraction of sp³-hybridized carbons (Fsp3) is 0.0667. The van der Waals surface area contributed by atoms with Gasteiger partial charge in [-0.2, -0.15) is 0 Å². The molecule has 0 saturated heterocycles. The maximum Gasteiger partial charge on any atom is 0.339 e. The average Bonchev–Trinajstić information content (AvgIpc) is 2.75. The summed E-state index contributed by atoms with van der Waals surface area (Å²) in [7, 11) is 0. The van der Waals surface area contributed by atoms with Crippen molar-refractivity contribution < 1.29 is 18.3 Å². The molecule has 0 bridgehead atoms. The molecule has 0 amide bonds. The van der Waals surface area contributed by atoms with Crippen LogP contribution in [0.3, 0.4) is 0 Å². The molecule has 0 saturated carbocycles. The molecule has 1 heterocycles. The van der Waals surface area contributed by atoms with Crippen molar-refractivity contribution in [2.75, 3.05) is 0 Å². The van der Waals surface area contributed by atoms with E-state index in [1.54, 1.807) is 24.3 Å². The molecule has 3 rings (SSSR count). The Morgan fingerprint density at radius 1 is 1.15 bits per heavy atom. The summed E-state index contributed by atoms with van der Waals surface area (Å²) in [4.78, 5) is 15.5. The lowest BCUT2D eigenvalue weighted by Crippen LogP contribution is -1.99. The molecule has 1 aliphatic rings. The van der Waals surface area contributed by atoms with Gasteiger partial charge in [0.2, 0.25) is 0 Å². The van der Waals surface area contributed by atoms with Crippen LogP contribution in [0.5, 0.6) is 0 Å². The van der Waals surface area contributed by atoms with Gasteiger partial charge in [0.05, 0.1) is 17.5 Å². The van der Waals surface area contributed by atoms with Gasteiger partial charge in [-0.15, -0.1) is 0 Å². The van der Waals surface area contributed by atoms with E-state index < -0.39 is 23.7 Å². The summed E-state index contributed by atoms with van der Waals surface area (Å²) in [6.07, 6.45) is 0.684. The normalized spacial score (nSPS) is 17.3. The van der Waals surface area contributed by atoms with Gasteiger partial charge in [0.1, 0.15) is 5.82 Å². The average molecular weight is 273 g/mol. The summed E-state index contributed by atoms with van der Waals surface area (Å²) in [5.74, 6) is -1.87. The van der Waals surface area contributed by atoms with Crippen LogP contribution in [-0.4, -0.2) is 12.2 Å². The lowest BCUT2D eigenvalue weighted by molar-refractivity contribution is 0.0500. The molecule has 0 spiro atoms. The number of hydrogen-bond donors (Lipinski definition) is 0. The van der Waals surface area contributed by atoms with E-state index in [-0.39, 0.29) is 5.69 Å². The van der Waals surface area contributed by atoms with Gasteiger partial charge in [0, 0.05) is 11.6 Å². The first-order chi connectivity index (χ1) is 9.65. The molecule has 5 heteroatoms. The second kappa shape index (κ2) is 4.85. The van der Waals surface area contributed by atoms with Crippen LogP contribution >= 0.6 is 0 Å². The molecule has 20 heavy (non-hydrogen) atoms.